The monoisotopic (exact) mass is 310 g/mol. The lowest BCUT2D eigenvalue weighted by Crippen LogP contribution is -2.48. The van der Waals surface area contributed by atoms with E-state index in [9.17, 15) is 4.79 Å². The third-order valence-electron chi connectivity index (χ3n) is 6.35. The quantitative estimate of drug-likeness (QED) is 0.551. The molecule has 0 N–H and O–H groups in total. The van der Waals surface area contributed by atoms with Crippen molar-refractivity contribution < 1.29 is 9.53 Å². The average molecular weight is 311 g/mol. The van der Waals surface area contributed by atoms with Crippen molar-refractivity contribution in [2.45, 2.75) is 105 Å². The Morgan fingerprint density at radius 2 is 1.55 bits per heavy atom. The first kappa shape index (κ1) is 19.5. The van der Waals surface area contributed by atoms with Gasteiger partial charge in [-0.1, -0.05) is 60.3 Å². The van der Waals surface area contributed by atoms with E-state index in [4.69, 9.17) is 4.74 Å². The smallest absolute Gasteiger partial charge is 0.312 e. The van der Waals surface area contributed by atoms with E-state index in [1.165, 1.54) is 32.1 Å². The van der Waals surface area contributed by atoms with Crippen LogP contribution < -0.4 is 0 Å². The molecule has 2 heteroatoms. The largest absolute Gasteiger partial charge is 0.459 e. The Morgan fingerprint density at radius 1 is 1.00 bits per heavy atom. The first-order valence-electron chi connectivity index (χ1n) is 9.34. The summed E-state index contributed by atoms with van der Waals surface area (Å²) in [5.41, 5.74) is -0.786. The van der Waals surface area contributed by atoms with Gasteiger partial charge in [0.25, 0.3) is 0 Å². The summed E-state index contributed by atoms with van der Waals surface area (Å²) in [4.78, 5) is 13.1. The molecule has 1 aliphatic rings. The predicted molar refractivity (Wildman–Crippen MR) is 93.8 cm³/mol. The Kier molecular flexibility index (Phi) is 6.53. The molecule has 130 valence electrons. The van der Waals surface area contributed by atoms with Crippen LogP contribution in [-0.2, 0) is 9.53 Å². The van der Waals surface area contributed by atoms with Gasteiger partial charge < -0.3 is 4.74 Å². The summed E-state index contributed by atoms with van der Waals surface area (Å²) < 4.78 is 6.23. The van der Waals surface area contributed by atoms with E-state index < -0.39 is 5.41 Å². The van der Waals surface area contributed by atoms with E-state index in [1.807, 2.05) is 0 Å². The van der Waals surface area contributed by atoms with Crippen molar-refractivity contribution in [3.63, 3.8) is 0 Å². The van der Waals surface area contributed by atoms with Crippen LogP contribution in [0, 0.1) is 16.7 Å². The van der Waals surface area contributed by atoms with Crippen molar-refractivity contribution in [3.05, 3.63) is 0 Å². The van der Waals surface area contributed by atoms with Gasteiger partial charge in [-0.2, -0.15) is 0 Å². The summed E-state index contributed by atoms with van der Waals surface area (Å²) in [7, 11) is 0. The number of hydrogen-bond acceptors (Lipinski definition) is 2. The molecule has 0 spiro atoms. The fourth-order valence-electron chi connectivity index (χ4n) is 3.77. The van der Waals surface area contributed by atoms with Crippen molar-refractivity contribution >= 4 is 5.97 Å². The summed E-state index contributed by atoms with van der Waals surface area (Å²) in [5, 5.41) is 0. The van der Waals surface area contributed by atoms with Gasteiger partial charge >= 0.3 is 5.97 Å². The van der Waals surface area contributed by atoms with E-state index in [0.29, 0.717) is 5.92 Å². The zero-order valence-electron chi connectivity index (χ0n) is 16.1. The van der Waals surface area contributed by atoms with Crippen LogP contribution in [0.15, 0.2) is 0 Å². The molecular weight excluding hydrogens is 272 g/mol. The molecule has 0 bridgehead atoms. The second-order valence-corrected chi connectivity index (χ2v) is 8.72. The molecule has 0 heterocycles. The second kappa shape index (κ2) is 7.36. The zero-order valence-corrected chi connectivity index (χ0v) is 16.1. The van der Waals surface area contributed by atoms with Gasteiger partial charge in [-0.15, -0.1) is 0 Å². The van der Waals surface area contributed by atoms with E-state index in [0.717, 1.165) is 19.3 Å². The highest BCUT2D eigenvalue weighted by molar-refractivity contribution is 5.77. The Hall–Kier alpha value is -0.530. The van der Waals surface area contributed by atoms with Gasteiger partial charge in [0, 0.05) is 0 Å². The molecular formula is C20H38O2. The SMILES string of the molecule is CCCC(C)(C(=O)OC(C)(CC)C1CCCCC1)C(C)(C)C. The van der Waals surface area contributed by atoms with Crippen LogP contribution in [0.25, 0.3) is 0 Å². The van der Waals surface area contributed by atoms with Gasteiger partial charge in [-0.25, -0.2) is 0 Å². The number of hydrogen-bond donors (Lipinski definition) is 0. The normalized spacial score (nSPS) is 22.7. The van der Waals surface area contributed by atoms with Crippen molar-refractivity contribution in [1.29, 1.82) is 0 Å². The molecule has 2 atom stereocenters. The summed E-state index contributed by atoms with van der Waals surface area (Å²) in [6, 6.07) is 0. The fraction of sp³-hybridized carbons (Fsp3) is 0.950. The standard InChI is InChI=1S/C20H38O2/c1-8-15-19(6,18(3,4)5)17(21)22-20(7,9-2)16-13-11-10-12-14-16/h16H,8-15H2,1-7H3. The molecule has 22 heavy (non-hydrogen) atoms. The highest BCUT2D eigenvalue weighted by atomic mass is 16.6. The minimum Gasteiger partial charge on any atom is -0.459 e. The number of rotatable bonds is 6. The predicted octanol–water partition coefficient (Wildman–Crippen LogP) is 6.13. The molecule has 1 rings (SSSR count). The van der Waals surface area contributed by atoms with E-state index in [2.05, 4.69) is 48.5 Å². The van der Waals surface area contributed by atoms with Gasteiger partial charge in [0.1, 0.15) is 5.60 Å². The Balaban J connectivity index is 2.94. The Morgan fingerprint density at radius 3 is 1.95 bits per heavy atom. The Labute approximate surface area is 138 Å². The molecule has 0 amide bonds. The van der Waals surface area contributed by atoms with Crippen LogP contribution in [0.1, 0.15) is 99.8 Å². The number of ether oxygens (including phenoxy) is 1. The van der Waals surface area contributed by atoms with Crippen molar-refractivity contribution in [2.75, 3.05) is 0 Å². The third-order valence-corrected chi connectivity index (χ3v) is 6.35. The summed E-state index contributed by atoms with van der Waals surface area (Å²) in [5.74, 6) is 0.540. The third kappa shape index (κ3) is 4.06. The zero-order chi connectivity index (χ0) is 17.0. The Bertz CT molecular complexity index is 362. The summed E-state index contributed by atoms with van der Waals surface area (Å²) >= 11 is 0. The lowest BCUT2D eigenvalue weighted by molar-refractivity contribution is -0.185. The first-order valence-corrected chi connectivity index (χ1v) is 9.34. The van der Waals surface area contributed by atoms with Crippen LogP contribution >= 0.6 is 0 Å². The topological polar surface area (TPSA) is 26.3 Å². The highest BCUT2D eigenvalue weighted by Crippen LogP contribution is 2.46. The minimum absolute atomic E-state index is 0.0109. The second-order valence-electron chi connectivity index (χ2n) is 8.72. The molecule has 0 aromatic rings. The first-order chi connectivity index (χ1) is 10.1. The molecule has 1 fully saturated rings. The molecule has 2 unspecified atom stereocenters. The maximum Gasteiger partial charge on any atom is 0.312 e. The maximum absolute atomic E-state index is 13.1. The molecule has 0 aromatic carbocycles. The van der Waals surface area contributed by atoms with E-state index >= 15 is 0 Å². The van der Waals surface area contributed by atoms with Crippen LogP contribution in [0.3, 0.4) is 0 Å². The average Bonchev–Trinajstić information content (AvgIpc) is 2.47. The molecule has 2 nitrogen and oxygen atoms in total. The van der Waals surface area contributed by atoms with Gasteiger partial charge in [0.2, 0.25) is 0 Å². The van der Waals surface area contributed by atoms with Crippen LogP contribution in [0.2, 0.25) is 0 Å². The van der Waals surface area contributed by atoms with Gasteiger partial charge in [-0.05, 0) is 50.9 Å². The molecule has 0 aliphatic heterocycles. The van der Waals surface area contributed by atoms with Gasteiger partial charge in [0.05, 0.1) is 5.41 Å². The van der Waals surface area contributed by atoms with E-state index in [-0.39, 0.29) is 17.0 Å². The fourth-order valence-corrected chi connectivity index (χ4v) is 3.77. The van der Waals surface area contributed by atoms with Crippen molar-refractivity contribution in [3.8, 4) is 0 Å². The molecule has 1 aliphatic carbocycles. The van der Waals surface area contributed by atoms with Gasteiger partial charge in [-0.3, -0.25) is 4.79 Å². The highest BCUT2D eigenvalue weighted by Gasteiger charge is 2.48. The van der Waals surface area contributed by atoms with Crippen molar-refractivity contribution in [2.24, 2.45) is 16.7 Å². The maximum atomic E-state index is 13.1. The molecule has 0 radical (unpaired) electrons. The number of carbonyl (C=O) groups excluding carboxylic acids is 1. The van der Waals surface area contributed by atoms with Crippen LogP contribution in [0.4, 0.5) is 0 Å². The van der Waals surface area contributed by atoms with Crippen LogP contribution in [0.5, 0.6) is 0 Å². The summed E-state index contributed by atoms with van der Waals surface area (Å²) in [6.07, 6.45) is 9.12. The van der Waals surface area contributed by atoms with Crippen LogP contribution in [-0.4, -0.2) is 11.6 Å². The molecule has 0 saturated heterocycles. The lowest BCUT2D eigenvalue weighted by Gasteiger charge is -2.45. The summed E-state index contributed by atoms with van der Waals surface area (Å²) in [6.45, 7) is 15.1. The molecule has 0 aromatic heterocycles. The lowest BCUT2D eigenvalue weighted by atomic mass is 9.65. The number of esters is 1. The number of carbonyl (C=O) groups is 1. The molecule has 1 saturated carbocycles. The van der Waals surface area contributed by atoms with Gasteiger partial charge in [0.15, 0.2) is 0 Å². The van der Waals surface area contributed by atoms with E-state index in [1.54, 1.807) is 0 Å². The van der Waals surface area contributed by atoms with Crippen molar-refractivity contribution in [1.82, 2.24) is 0 Å². The minimum atomic E-state index is -0.410.